The summed E-state index contributed by atoms with van der Waals surface area (Å²) in [5, 5.41) is 11.2. The molecular formula is C28H28N2O5. The van der Waals surface area contributed by atoms with E-state index in [9.17, 15) is 14.7 Å². The number of carbonyl (C=O) groups is 2. The lowest BCUT2D eigenvalue weighted by atomic mass is 9.95. The van der Waals surface area contributed by atoms with Crippen LogP contribution in [0.4, 0.5) is 0 Å². The van der Waals surface area contributed by atoms with E-state index in [1.807, 2.05) is 39.0 Å². The molecule has 1 amide bonds. The Kier molecular flexibility index (Phi) is 7.15. The predicted octanol–water partition coefficient (Wildman–Crippen LogP) is 4.89. The molecule has 35 heavy (non-hydrogen) atoms. The molecule has 2 heterocycles. The van der Waals surface area contributed by atoms with Gasteiger partial charge in [0.05, 0.1) is 24.3 Å². The summed E-state index contributed by atoms with van der Waals surface area (Å²) in [7, 11) is 0. The average molecular weight is 473 g/mol. The summed E-state index contributed by atoms with van der Waals surface area (Å²) in [5.41, 5.74) is 1.94. The van der Waals surface area contributed by atoms with Crippen LogP contribution < -0.4 is 9.47 Å². The van der Waals surface area contributed by atoms with Gasteiger partial charge in [-0.3, -0.25) is 14.6 Å². The van der Waals surface area contributed by atoms with E-state index < -0.39 is 17.7 Å². The van der Waals surface area contributed by atoms with Gasteiger partial charge in [-0.15, -0.1) is 0 Å². The van der Waals surface area contributed by atoms with E-state index in [1.54, 1.807) is 54.9 Å². The van der Waals surface area contributed by atoms with Crippen molar-refractivity contribution in [3.63, 3.8) is 0 Å². The van der Waals surface area contributed by atoms with E-state index >= 15 is 0 Å². The van der Waals surface area contributed by atoms with Gasteiger partial charge in [-0.2, -0.15) is 0 Å². The molecule has 7 heteroatoms. The first kappa shape index (κ1) is 24.0. The Balaban J connectivity index is 1.78. The van der Waals surface area contributed by atoms with Crippen LogP contribution in [0.15, 0.2) is 78.6 Å². The number of ketones is 1. The molecule has 0 bridgehead atoms. The Morgan fingerprint density at radius 3 is 2.31 bits per heavy atom. The van der Waals surface area contributed by atoms with Crippen molar-refractivity contribution in [2.24, 2.45) is 0 Å². The fourth-order valence-electron chi connectivity index (χ4n) is 4.11. The highest BCUT2D eigenvalue weighted by Gasteiger charge is 2.46. The van der Waals surface area contributed by atoms with Gasteiger partial charge in [-0.1, -0.05) is 18.2 Å². The lowest BCUT2D eigenvalue weighted by molar-refractivity contribution is -0.140. The molecule has 1 N–H and O–H groups in total. The van der Waals surface area contributed by atoms with Crippen LogP contribution in [0, 0.1) is 0 Å². The first-order chi connectivity index (χ1) is 16.9. The van der Waals surface area contributed by atoms with E-state index in [4.69, 9.17) is 9.47 Å². The second kappa shape index (κ2) is 10.4. The van der Waals surface area contributed by atoms with Gasteiger partial charge in [-0.05, 0) is 74.4 Å². The number of aromatic nitrogens is 1. The number of benzene rings is 2. The number of hydrogen-bond acceptors (Lipinski definition) is 6. The van der Waals surface area contributed by atoms with Gasteiger partial charge in [0.1, 0.15) is 17.3 Å². The summed E-state index contributed by atoms with van der Waals surface area (Å²) < 4.78 is 11.2. The van der Waals surface area contributed by atoms with E-state index in [-0.39, 0.29) is 24.0 Å². The quantitative estimate of drug-likeness (QED) is 0.285. The molecule has 1 unspecified atom stereocenters. The average Bonchev–Trinajstić information content (AvgIpc) is 3.10. The molecule has 1 saturated heterocycles. The van der Waals surface area contributed by atoms with Crippen LogP contribution in [-0.2, 0) is 16.1 Å². The molecule has 1 atom stereocenters. The predicted molar refractivity (Wildman–Crippen MR) is 132 cm³/mol. The number of amides is 1. The van der Waals surface area contributed by atoms with Crippen LogP contribution in [0.3, 0.4) is 0 Å². The van der Waals surface area contributed by atoms with Crippen LogP contribution in [0.5, 0.6) is 11.5 Å². The number of nitrogens with zero attached hydrogens (tertiary/aromatic N) is 2. The van der Waals surface area contributed by atoms with Crippen LogP contribution >= 0.6 is 0 Å². The van der Waals surface area contributed by atoms with Gasteiger partial charge < -0.3 is 19.5 Å². The number of rotatable bonds is 8. The molecule has 3 aromatic rings. The van der Waals surface area contributed by atoms with Crippen molar-refractivity contribution in [2.45, 2.75) is 39.5 Å². The number of hydrogen-bond donors (Lipinski definition) is 1. The molecule has 1 aliphatic heterocycles. The number of carbonyl (C=O) groups excluding carboxylic acids is 2. The van der Waals surface area contributed by atoms with Crippen molar-refractivity contribution < 1.29 is 24.2 Å². The van der Waals surface area contributed by atoms with Crippen LogP contribution in [0.2, 0.25) is 0 Å². The molecular weight excluding hydrogens is 444 g/mol. The Hall–Kier alpha value is -4.13. The molecule has 4 rings (SSSR count). The maximum absolute atomic E-state index is 13.2. The monoisotopic (exact) mass is 472 g/mol. The Morgan fingerprint density at radius 1 is 1.03 bits per heavy atom. The molecule has 180 valence electrons. The molecule has 7 nitrogen and oxygen atoms in total. The first-order valence-electron chi connectivity index (χ1n) is 11.6. The topological polar surface area (TPSA) is 89.0 Å². The molecule has 2 aromatic carbocycles. The Morgan fingerprint density at radius 2 is 1.71 bits per heavy atom. The van der Waals surface area contributed by atoms with Gasteiger partial charge in [0.25, 0.3) is 11.7 Å². The number of likely N-dealkylation sites (tertiary alicyclic amines) is 1. The third kappa shape index (κ3) is 5.19. The Bertz CT molecular complexity index is 1220. The van der Waals surface area contributed by atoms with Gasteiger partial charge in [0, 0.05) is 24.5 Å². The molecule has 0 radical (unpaired) electrons. The zero-order valence-corrected chi connectivity index (χ0v) is 20.0. The SMILES string of the molecule is CCOc1ccc(C2/C(=C(/O)c3ccc(OC(C)C)cc3)C(=O)C(=O)N2Cc2cccnc2)cc1. The minimum atomic E-state index is -0.766. The van der Waals surface area contributed by atoms with Crippen LogP contribution in [0.25, 0.3) is 5.76 Å². The van der Waals surface area contributed by atoms with Crippen molar-refractivity contribution in [3.05, 3.63) is 95.3 Å². The van der Waals surface area contributed by atoms with Gasteiger partial charge >= 0.3 is 0 Å². The van der Waals surface area contributed by atoms with E-state index in [0.29, 0.717) is 29.2 Å². The number of Topliss-reactive ketones (excluding diaryl/α,β-unsaturated/α-hetero) is 1. The fraction of sp³-hybridized carbons (Fsp3) is 0.250. The minimum Gasteiger partial charge on any atom is -0.507 e. The highest BCUT2D eigenvalue weighted by molar-refractivity contribution is 6.46. The van der Waals surface area contributed by atoms with Gasteiger partial charge in [0.2, 0.25) is 0 Å². The summed E-state index contributed by atoms with van der Waals surface area (Å²) in [6.45, 7) is 6.45. The molecule has 1 aliphatic rings. The number of pyridine rings is 1. The summed E-state index contributed by atoms with van der Waals surface area (Å²) in [6, 6.07) is 16.9. The maximum Gasteiger partial charge on any atom is 0.295 e. The van der Waals surface area contributed by atoms with Crippen LogP contribution in [-0.4, -0.2) is 39.4 Å². The van der Waals surface area contributed by atoms with E-state index in [1.165, 1.54) is 4.90 Å². The zero-order valence-electron chi connectivity index (χ0n) is 20.0. The number of ether oxygens (including phenoxy) is 2. The van der Waals surface area contributed by atoms with E-state index in [2.05, 4.69) is 4.98 Å². The van der Waals surface area contributed by atoms with Gasteiger partial charge in [0.15, 0.2) is 0 Å². The summed E-state index contributed by atoms with van der Waals surface area (Å²) in [4.78, 5) is 31.9. The lowest BCUT2D eigenvalue weighted by Gasteiger charge is -2.25. The summed E-state index contributed by atoms with van der Waals surface area (Å²) >= 11 is 0. The highest BCUT2D eigenvalue weighted by atomic mass is 16.5. The van der Waals surface area contributed by atoms with Crippen molar-refractivity contribution in [2.75, 3.05) is 6.61 Å². The van der Waals surface area contributed by atoms with Crippen LogP contribution in [0.1, 0.15) is 43.5 Å². The maximum atomic E-state index is 13.2. The van der Waals surface area contributed by atoms with Gasteiger partial charge in [-0.25, -0.2) is 0 Å². The third-order valence-corrected chi connectivity index (χ3v) is 5.62. The second-order valence-corrected chi connectivity index (χ2v) is 8.48. The minimum absolute atomic E-state index is 0.00640. The smallest absolute Gasteiger partial charge is 0.295 e. The largest absolute Gasteiger partial charge is 0.507 e. The molecule has 0 saturated carbocycles. The molecule has 1 fully saturated rings. The highest BCUT2D eigenvalue weighted by Crippen LogP contribution is 2.40. The van der Waals surface area contributed by atoms with Crippen molar-refractivity contribution in [3.8, 4) is 11.5 Å². The van der Waals surface area contributed by atoms with Crippen molar-refractivity contribution in [1.82, 2.24) is 9.88 Å². The third-order valence-electron chi connectivity index (χ3n) is 5.62. The summed E-state index contributed by atoms with van der Waals surface area (Å²) in [6.07, 6.45) is 3.31. The zero-order chi connectivity index (χ0) is 24.9. The molecule has 1 aromatic heterocycles. The Labute approximate surface area is 204 Å². The fourth-order valence-corrected chi connectivity index (χ4v) is 4.11. The number of aliphatic hydroxyl groups is 1. The number of aliphatic hydroxyl groups excluding tert-OH is 1. The van der Waals surface area contributed by atoms with Crippen molar-refractivity contribution in [1.29, 1.82) is 0 Å². The molecule has 0 aliphatic carbocycles. The van der Waals surface area contributed by atoms with E-state index in [0.717, 1.165) is 5.56 Å². The standard InChI is InChI=1S/C28H28N2O5/c1-4-34-22-11-7-20(8-12-22)25-24(26(31)21-9-13-23(14-10-21)35-18(2)3)27(32)28(33)30(25)17-19-6-5-15-29-16-19/h5-16,18,25,31H,4,17H2,1-3H3/b26-24-. The van der Waals surface area contributed by atoms with Crippen molar-refractivity contribution >= 4 is 17.4 Å². The molecule has 0 spiro atoms. The first-order valence-corrected chi connectivity index (χ1v) is 11.6. The second-order valence-electron chi connectivity index (χ2n) is 8.48. The normalized spacial score (nSPS) is 17.1. The lowest BCUT2D eigenvalue weighted by Crippen LogP contribution is -2.29. The summed E-state index contributed by atoms with van der Waals surface area (Å²) in [5.74, 6) is -0.299.